The van der Waals surface area contributed by atoms with Crippen molar-refractivity contribution in [3.63, 3.8) is 0 Å². The number of amides is 1. The molecule has 0 saturated carbocycles. The van der Waals surface area contributed by atoms with E-state index in [-0.39, 0.29) is 24.0 Å². The standard InChI is InChI=1S/C19H21N3O3S/c1-25-18(24)19(8-14-11-26-12-21-14)9-15-4-5-16(19)22(15)17(23)7-13-3-2-6-20-10-13/h2-3,6,10-12,15-16H,4-5,7-9H2,1H3/t15-,16+,19+/m1/s1. The highest BCUT2D eigenvalue weighted by Gasteiger charge is 2.61. The summed E-state index contributed by atoms with van der Waals surface area (Å²) >= 11 is 1.52. The first-order chi connectivity index (χ1) is 12.6. The maximum atomic E-state index is 13.0. The Hall–Kier alpha value is -2.28. The molecule has 6 nitrogen and oxygen atoms in total. The highest BCUT2D eigenvalue weighted by Crippen LogP contribution is 2.52. The highest BCUT2D eigenvalue weighted by atomic mass is 32.1. The fraction of sp³-hybridized carbons (Fsp3) is 0.474. The van der Waals surface area contributed by atoms with Crippen molar-refractivity contribution in [2.75, 3.05) is 7.11 Å². The van der Waals surface area contributed by atoms with Crippen molar-refractivity contribution >= 4 is 23.2 Å². The number of rotatable bonds is 5. The van der Waals surface area contributed by atoms with Gasteiger partial charge in [0.2, 0.25) is 5.91 Å². The molecule has 136 valence electrons. The molecule has 2 fully saturated rings. The van der Waals surface area contributed by atoms with Gasteiger partial charge >= 0.3 is 5.97 Å². The minimum Gasteiger partial charge on any atom is -0.469 e. The summed E-state index contributed by atoms with van der Waals surface area (Å²) in [5.41, 5.74) is 2.88. The quantitative estimate of drug-likeness (QED) is 0.754. The van der Waals surface area contributed by atoms with Crippen molar-refractivity contribution < 1.29 is 14.3 Å². The molecule has 2 aliphatic rings. The van der Waals surface area contributed by atoms with Crippen molar-refractivity contribution in [2.24, 2.45) is 5.41 Å². The van der Waals surface area contributed by atoms with E-state index in [1.807, 2.05) is 22.4 Å². The third-order valence-electron chi connectivity index (χ3n) is 5.68. The molecule has 2 aromatic heterocycles. The molecule has 26 heavy (non-hydrogen) atoms. The maximum absolute atomic E-state index is 13.0. The smallest absolute Gasteiger partial charge is 0.314 e. The number of ether oxygens (including phenoxy) is 1. The fourth-order valence-corrected chi connectivity index (χ4v) is 5.22. The number of methoxy groups -OCH3 is 1. The minimum atomic E-state index is -0.684. The normalized spacial score (nSPS) is 26.9. The lowest BCUT2D eigenvalue weighted by molar-refractivity contribution is -0.155. The van der Waals surface area contributed by atoms with Crippen LogP contribution in [0.1, 0.15) is 30.5 Å². The van der Waals surface area contributed by atoms with Crippen LogP contribution in [0.3, 0.4) is 0 Å². The van der Waals surface area contributed by atoms with Crippen LogP contribution in [-0.2, 0) is 27.2 Å². The van der Waals surface area contributed by atoms with E-state index in [0.29, 0.717) is 19.3 Å². The number of esters is 1. The van der Waals surface area contributed by atoms with Crippen LogP contribution >= 0.6 is 11.3 Å². The monoisotopic (exact) mass is 371 g/mol. The molecule has 0 N–H and O–H groups in total. The summed E-state index contributed by atoms with van der Waals surface area (Å²) in [4.78, 5) is 36.2. The van der Waals surface area contributed by atoms with Crippen LogP contribution < -0.4 is 0 Å². The van der Waals surface area contributed by atoms with Gasteiger partial charge in [-0.2, -0.15) is 0 Å². The van der Waals surface area contributed by atoms with E-state index in [9.17, 15) is 9.59 Å². The molecule has 7 heteroatoms. The summed E-state index contributed by atoms with van der Waals surface area (Å²) in [5.74, 6) is -0.161. The third kappa shape index (κ3) is 2.80. The van der Waals surface area contributed by atoms with Crippen molar-refractivity contribution in [3.8, 4) is 0 Å². The molecule has 0 spiro atoms. The molecule has 0 radical (unpaired) electrons. The van der Waals surface area contributed by atoms with Gasteiger partial charge in [-0.15, -0.1) is 11.3 Å². The Labute approximate surface area is 156 Å². The van der Waals surface area contributed by atoms with Crippen LogP contribution in [0, 0.1) is 5.41 Å². The molecule has 3 atom stereocenters. The number of fused-ring (bicyclic) bond motifs is 2. The van der Waals surface area contributed by atoms with Crippen LogP contribution in [0.5, 0.6) is 0 Å². The van der Waals surface area contributed by atoms with Gasteiger partial charge < -0.3 is 9.64 Å². The predicted molar refractivity (Wildman–Crippen MR) is 96.5 cm³/mol. The third-order valence-corrected chi connectivity index (χ3v) is 6.31. The molecule has 0 unspecified atom stereocenters. The Kier molecular flexibility index (Phi) is 4.48. The first-order valence-electron chi connectivity index (χ1n) is 8.79. The van der Waals surface area contributed by atoms with E-state index >= 15 is 0 Å². The van der Waals surface area contributed by atoms with Gasteiger partial charge in [-0.1, -0.05) is 6.07 Å². The molecule has 2 bridgehead atoms. The lowest BCUT2D eigenvalue weighted by atomic mass is 9.71. The van der Waals surface area contributed by atoms with Crippen LogP contribution in [-0.4, -0.2) is 45.9 Å². The van der Waals surface area contributed by atoms with Gasteiger partial charge in [0.1, 0.15) is 0 Å². The number of hydrogen-bond donors (Lipinski definition) is 0. The minimum absolute atomic E-state index is 0.0644. The predicted octanol–water partition coefficient (Wildman–Crippen LogP) is 2.25. The topological polar surface area (TPSA) is 72.4 Å². The summed E-state index contributed by atoms with van der Waals surface area (Å²) in [6.45, 7) is 0. The largest absolute Gasteiger partial charge is 0.469 e. The van der Waals surface area contributed by atoms with Gasteiger partial charge in [-0.25, -0.2) is 4.98 Å². The molecule has 4 heterocycles. The Morgan fingerprint density at radius 1 is 1.42 bits per heavy atom. The molecular weight excluding hydrogens is 350 g/mol. The lowest BCUT2D eigenvalue weighted by Gasteiger charge is -2.34. The summed E-state index contributed by atoms with van der Waals surface area (Å²) < 4.78 is 5.17. The van der Waals surface area contributed by atoms with E-state index in [1.165, 1.54) is 18.4 Å². The zero-order chi connectivity index (χ0) is 18.1. The number of carbonyl (C=O) groups excluding carboxylic acids is 2. The zero-order valence-electron chi connectivity index (χ0n) is 14.6. The Morgan fingerprint density at radius 3 is 3.00 bits per heavy atom. The average Bonchev–Trinajstić information content (AvgIpc) is 3.37. The number of pyridine rings is 1. The number of nitrogens with zero attached hydrogens (tertiary/aromatic N) is 3. The second-order valence-electron chi connectivity index (χ2n) is 7.09. The van der Waals surface area contributed by atoms with E-state index in [2.05, 4.69) is 9.97 Å². The molecule has 2 saturated heterocycles. The number of aromatic nitrogens is 2. The molecule has 0 aromatic carbocycles. The first kappa shape index (κ1) is 17.1. The van der Waals surface area contributed by atoms with Gasteiger partial charge in [-0.05, 0) is 30.9 Å². The Morgan fingerprint density at radius 2 is 2.31 bits per heavy atom. The molecular formula is C19H21N3O3S. The van der Waals surface area contributed by atoms with Gasteiger partial charge in [0.05, 0.1) is 30.2 Å². The van der Waals surface area contributed by atoms with Crippen LogP contribution in [0.4, 0.5) is 0 Å². The van der Waals surface area contributed by atoms with Crippen LogP contribution in [0.2, 0.25) is 0 Å². The lowest BCUT2D eigenvalue weighted by Crippen LogP contribution is -2.47. The van der Waals surface area contributed by atoms with E-state index in [1.54, 1.807) is 17.9 Å². The second kappa shape index (κ2) is 6.79. The van der Waals surface area contributed by atoms with Gasteiger partial charge in [0.25, 0.3) is 0 Å². The summed E-state index contributed by atoms with van der Waals surface area (Å²) in [6.07, 6.45) is 6.70. The fourth-order valence-electron chi connectivity index (χ4n) is 4.66. The highest BCUT2D eigenvalue weighted by molar-refractivity contribution is 7.07. The van der Waals surface area contributed by atoms with Crippen molar-refractivity contribution in [1.29, 1.82) is 0 Å². The van der Waals surface area contributed by atoms with E-state index in [4.69, 9.17) is 4.74 Å². The summed E-state index contributed by atoms with van der Waals surface area (Å²) in [5, 5.41) is 1.97. The van der Waals surface area contributed by atoms with Gasteiger partial charge in [-0.3, -0.25) is 14.6 Å². The molecule has 1 amide bonds. The summed E-state index contributed by atoms with van der Waals surface area (Å²) in [7, 11) is 1.43. The van der Waals surface area contributed by atoms with Crippen molar-refractivity contribution in [3.05, 3.63) is 46.7 Å². The van der Waals surface area contributed by atoms with Crippen molar-refractivity contribution in [1.82, 2.24) is 14.9 Å². The zero-order valence-corrected chi connectivity index (χ0v) is 15.4. The second-order valence-corrected chi connectivity index (χ2v) is 7.81. The number of thiazole rings is 1. The number of carbonyl (C=O) groups is 2. The maximum Gasteiger partial charge on any atom is 0.314 e. The molecule has 0 aliphatic carbocycles. The van der Waals surface area contributed by atoms with Crippen LogP contribution in [0.25, 0.3) is 0 Å². The summed E-state index contributed by atoms with van der Waals surface area (Å²) in [6, 6.07) is 3.72. The molecule has 2 aromatic rings. The first-order valence-corrected chi connectivity index (χ1v) is 9.74. The number of hydrogen-bond acceptors (Lipinski definition) is 6. The van der Waals surface area contributed by atoms with Crippen molar-refractivity contribution in [2.45, 2.75) is 44.2 Å². The molecule has 2 aliphatic heterocycles. The Bertz CT molecular complexity index is 796. The molecule has 4 rings (SSSR count). The van der Waals surface area contributed by atoms with Gasteiger partial charge in [0, 0.05) is 36.3 Å². The van der Waals surface area contributed by atoms with Crippen LogP contribution in [0.15, 0.2) is 35.4 Å². The van der Waals surface area contributed by atoms with Gasteiger partial charge in [0.15, 0.2) is 0 Å². The Balaban J connectivity index is 1.60. The van der Waals surface area contributed by atoms with E-state index < -0.39 is 5.41 Å². The SMILES string of the molecule is COC(=O)[C@@]1(Cc2cscn2)C[C@H]2CC[C@@H]1N2C(=O)Cc1cccnc1. The average molecular weight is 371 g/mol. The van der Waals surface area contributed by atoms with E-state index in [0.717, 1.165) is 24.1 Å².